The fourth-order valence-electron chi connectivity index (χ4n) is 2.09. The molecule has 1 fully saturated rings. The fourth-order valence-corrected chi connectivity index (χ4v) is 2.09. The van der Waals surface area contributed by atoms with Gasteiger partial charge in [0.25, 0.3) is 0 Å². The summed E-state index contributed by atoms with van der Waals surface area (Å²) in [6.45, 7) is 1.86. The van der Waals surface area contributed by atoms with Crippen LogP contribution in [0.1, 0.15) is 31.2 Å². The smallest absolute Gasteiger partial charge is 0.223 e. The van der Waals surface area contributed by atoms with Crippen LogP contribution in [0.5, 0.6) is 0 Å². The molecule has 0 heterocycles. The zero-order valence-electron chi connectivity index (χ0n) is 9.89. The molecule has 17 heavy (non-hydrogen) atoms. The number of carbonyl (C=O) groups excluding carboxylic acids is 1. The van der Waals surface area contributed by atoms with Crippen LogP contribution in [0.25, 0.3) is 0 Å². The Morgan fingerprint density at radius 2 is 2.24 bits per heavy atom. The minimum atomic E-state index is -0.0514. The van der Waals surface area contributed by atoms with Gasteiger partial charge >= 0.3 is 0 Å². The summed E-state index contributed by atoms with van der Waals surface area (Å²) in [6, 6.07) is 12.1. The first-order valence-electron chi connectivity index (χ1n) is 5.94. The Labute approximate surface area is 101 Å². The standard InChI is InChI=1S/C14H16N2O/c1-10(7-8-15)16-14(17)13-9-12(13)11-5-3-2-4-6-11/h2-6,10,12-13H,7,9H2,1H3,(H,16,17). The molecule has 1 N–H and O–H groups in total. The van der Waals surface area contributed by atoms with E-state index in [2.05, 4.69) is 23.5 Å². The second-order valence-electron chi connectivity index (χ2n) is 4.63. The highest BCUT2D eigenvalue weighted by Gasteiger charge is 2.43. The van der Waals surface area contributed by atoms with Crippen LogP contribution in [-0.2, 0) is 4.79 Å². The minimum Gasteiger partial charge on any atom is -0.352 e. The Morgan fingerprint density at radius 3 is 2.88 bits per heavy atom. The second-order valence-corrected chi connectivity index (χ2v) is 4.63. The predicted molar refractivity (Wildman–Crippen MR) is 65.1 cm³/mol. The maximum atomic E-state index is 11.9. The van der Waals surface area contributed by atoms with Gasteiger partial charge in [0.1, 0.15) is 0 Å². The quantitative estimate of drug-likeness (QED) is 0.859. The van der Waals surface area contributed by atoms with Crippen molar-refractivity contribution in [2.75, 3.05) is 0 Å². The first kappa shape index (κ1) is 11.7. The number of benzene rings is 1. The molecule has 3 unspecified atom stereocenters. The summed E-state index contributed by atoms with van der Waals surface area (Å²) in [6.07, 6.45) is 1.30. The zero-order valence-corrected chi connectivity index (χ0v) is 9.89. The molecule has 0 radical (unpaired) electrons. The average molecular weight is 228 g/mol. The van der Waals surface area contributed by atoms with E-state index in [0.717, 1.165) is 6.42 Å². The molecular formula is C14H16N2O. The van der Waals surface area contributed by atoms with E-state index in [1.807, 2.05) is 25.1 Å². The third kappa shape index (κ3) is 2.85. The van der Waals surface area contributed by atoms with E-state index in [1.54, 1.807) is 0 Å². The van der Waals surface area contributed by atoms with Gasteiger partial charge in [-0.05, 0) is 24.8 Å². The number of rotatable bonds is 4. The van der Waals surface area contributed by atoms with Gasteiger partial charge in [-0.1, -0.05) is 30.3 Å². The lowest BCUT2D eigenvalue weighted by atomic mass is 10.1. The zero-order chi connectivity index (χ0) is 12.3. The van der Waals surface area contributed by atoms with Crippen LogP contribution in [0.4, 0.5) is 0 Å². The van der Waals surface area contributed by atoms with E-state index in [4.69, 9.17) is 5.26 Å². The number of amides is 1. The molecule has 1 aromatic rings. The van der Waals surface area contributed by atoms with E-state index >= 15 is 0 Å². The fraction of sp³-hybridized carbons (Fsp3) is 0.429. The molecule has 2 rings (SSSR count). The highest BCUT2D eigenvalue weighted by Crippen LogP contribution is 2.47. The molecule has 88 valence electrons. The van der Waals surface area contributed by atoms with Gasteiger partial charge in [-0.15, -0.1) is 0 Å². The number of hydrogen-bond donors (Lipinski definition) is 1. The van der Waals surface area contributed by atoms with Crippen molar-refractivity contribution in [1.82, 2.24) is 5.32 Å². The van der Waals surface area contributed by atoms with E-state index in [9.17, 15) is 4.79 Å². The number of nitrogens with one attached hydrogen (secondary N) is 1. The SMILES string of the molecule is CC(CC#N)NC(=O)C1CC1c1ccccc1. The van der Waals surface area contributed by atoms with Gasteiger partial charge in [-0.2, -0.15) is 5.26 Å². The van der Waals surface area contributed by atoms with Crippen LogP contribution in [0.2, 0.25) is 0 Å². The van der Waals surface area contributed by atoms with Crippen LogP contribution in [0.15, 0.2) is 30.3 Å². The lowest BCUT2D eigenvalue weighted by Crippen LogP contribution is -2.33. The van der Waals surface area contributed by atoms with Gasteiger partial charge in [0.05, 0.1) is 12.5 Å². The molecule has 1 aromatic carbocycles. The summed E-state index contributed by atoms with van der Waals surface area (Å²) < 4.78 is 0. The third-order valence-electron chi connectivity index (χ3n) is 3.14. The summed E-state index contributed by atoms with van der Waals surface area (Å²) >= 11 is 0. The van der Waals surface area contributed by atoms with Crippen molar-refractivity contribution in [2.45, 2.75) is 31.7 Å². The van der Waals surface area contributed by atoms with Gasteiger partial charge in [-0.25, -0.2) is 0 Å². The number of carbonyl (C=O) groups is 1. The van der Waals surface area contributed by atoms with Gasteiger partial charge < -0.3 is 5.32 Å². The van der Waals surface area contributed by atoms with E-state index < -0.39 is 0 Å². The molecule has 0 aromatic heterocycles. The Bertz CT molecular complexity index is 435. The third-order valence-corrected chi connectivity index (χ3v) is 3.14. The van der Waals surface area contributed by atoms with Crippen molar-refractivity contribution in [3.63, 3.8) is 0 Å². The van der Waals surface area contributed by atoms with Crippen molar-refractivity contribution >= 4 is 5.91 Å². The van der Waals surface area contributed by atoms with Gasteiger partial charge in [-0.3, -0.25) is 4.79 Å². The lowest BCUT2D eigenvalue weighted by molar-refractivity contribution is -0.122. The Morgan fingerprint density at radius 1 is 1.53 bits per heavy atom. The summed E-state index contributed by atoms with van der Waals surface area (Å²) in [5.41, 5.74) is 1.24. The van der Waals surface area contributed by atoms with Crippen LogP contribution in [0.3, 0.4) is 0 Å². The van der Waals surface area contributed by atoms with Crippen molar-refractivity contribution in [3.05, 3.63) is 35.9 Å². The van der Waals surface area contributed by atoms with E-state index in [-0.39, 0.29) is 17.9 Å². The summed E-state index contributed by atoms with van der Waals surface area (Å²) in [5.74, 6) is 0.547. The van der Waals surface area contributed by atoms with Crippen LogP contribution in [0, 0.1) is 17.2 Å². The lowest BCUT2D eigenvalue weighted by Gasteiger charge is -2.09. The molecular weight excluding hydrogens is 212 g/mol. The van der Waals surface area contributed by atoms with Gasteiger partial charge in [0.2, 0.25) is 5.91 Å². The van der Waals surface area contributed by atoms with Crippen LogP contribution >= 0.6 is 0 Å². The number of nitriles is 1. The van der Waals surface area contributed by atoms with E-state index in [0.29, 0.717) is 12.3 Å². The molecule has 3 heteroatoms. The molecule has 3 nitrogen and oxygen atoms in total. The number of hydrogen-bond acceptors (Lipinski definition) is 2. The first-order valence-corrected chi connectivity index (χ1v) is 5.94. The van der Waals surface area contributed by atoms with Crippen molar-refractivity contribution in [1.29, 1.82) is 5.26 Å². The first-order chi connectivity index (χ1) is 8.22. The molecule has 1 aliphatic rings. The minimum absolute atomic E-state index is 0.0514. The molecule has 3 atom stereocenters. The van der Waals surface area contributed by atoms with Crippen molar-refractivity contribution in [2.24, 2.45) is 5.92 Å². The largest absolute Gasteiger partial charge is 0.352 e. The Balaban J connectivity index is 1.87. The molecule has 0 bridgehead atoms. The highest BCUT2D eigenvalue weighted by molar-refractivity contribution is 5.83. The normalized spacial score (nSPS) is 23.5. The summed E-state index contributed by atoms with van der Waals surface area (Å²) in [7, 11) is 0. The molecule has 0 aliphatic heterocycles. The Kier molecular flexibility index (Phi) is 3.43. The van der Waals surface area contributed by atoms with E-state index in [1.165, 1.54) is 5.56 Å². The average Bonchev–Trinajstić information content (AvgIpc) is 3.10. The van der Waals surface area contributed by atoms with Gasteiger partial charge in [0.15, 0.2) is 0 Å². The number of nitrogens with zero attached hydrogens (tertiary/aromatic N) is 1. The maximum Gasteiger partial charge on any atom is 0.223 e. The summed E-state index contributed by atoms with van der Waals surface area (Å²) in [4.78, 5) is 11.9. The highest BCUT2D eigenvalue weighted by atomic mass is 16.2. The topological polar surface area (TPSA) is 52.9 Å². The maximum absolute atomic E-state index is 11.9. The molecule has 0 saturated heterocycles. The van der Waals surface area contributed by atoms with Crippen LogP contribution < -0.4 is 5.32 Å². The second kappa shape index (κ2) is 5.01. The molecule has 0 spiro atoms. The predicted octanol–water partition coefficient (Wildman–Crippen LogP) is 2.21. The van der Waals surface area contributed by atoms with Crippen LogP contribution in [-0.4, -0.2) is 11.9 Å². The van der Waals surface area contributed by atoms with Crippen molar-refractivity contribution < 1.29 is 4.79 Å². The van der Waals surface area contributed by atoms with Gasteiger partial charge in [0, 0.05) is 12.0 Å². The van der Waals surface area contributed by atoms with Crippen molar-refractivity contribution in [3.8, 4) is 6.07 Å². The monoisotopic (exact) mass is 228 g/mol. The summed E-state index contributed by atoms with van der Waals surface area (Å²) in [5, 5.41) is 11.4. The molecule has 1 aliphatic carbocycles. The molecule has 1 saturated carbocycles. The Hall–Kier alpha value is -1.82. The molecule has 1 amide bonds.